The summed E-state index contributed by atoms with van der Waals surface area (Å²) >= 11 is 0. The predicted octanol–water partition coefficient (Wildman–Crippen LogP) is 11.0. The zero-order chi connectivity index (χ0) is 32.9. The lowest BCUT2D eigenvalue weighted by molar-refractivity contribution is -0.161. The Morgan fingerprint density at radius 3 is 1.40 bits per heavy atom. The van der Waals surface area contributed by atoms with Crippen LogP contribution in [0.5, 0.6) is 0 Å². The Morgan fingerprint density at radius 1 is 0.533 bits per heavy atom. The molecule has 0 amide bonds. The van der Waals surface area contributed by atoms with E-state index in [0.29, 0.717) is 12.8 Å². The van der Waals surface area contributed by atoms with Gasteiger partial charge in [-0.2, -0.15) is 0 Å². The van der Waals surface area contributed by atoms with Crippen molar-refractivity contribution >= 4 is 11.9 Å². The summed E-state index contributed by atoms with van der Waals surface area (Å²) < 4.78 is 10.5. The molecule has 0 aliphatic heterocycles. The van der Waals surface area contributed by atoms with Crippen LogP contribution in [-0.2, 0) is 19.1 Å². The summed E-state index contributed by atoms with van der Waals surface area (Å²) in [5.41, 5.74) is 0. The predicted molar refractivity (Wildman–Crippen MR) is 191 cm³/mol. The van der Waals surface area contributed by atoms with Gasteiger partial charge in [0, 0.05) is 12.8 Å². The molecule has 0 aromatic rings. The number of carbonyl (C=O) groups excluding carboxylic acids is 2. The molecule has 45 heavy (non-hydrogen) atoms. The average molecular weight is 627 g/mol. The number of esters is 2. The molecule has 0 aliphatic rings. The Hall–Kier alpha value is -2.66. The van der Waals surface area contributed by atoms with Gasteiger partial charge < -0.3 is 14.6 Å². The Bertz CT molecular complexity index is 849. The highest BCUT2D eigenvalue weighted by molar-refractivity contribution is 5.70. The minimum absolute atomic E-state index is 0.108. The zero-order valence-electron chi connectivity index (χ0n) is 28.8. The SMILES string of the molecule is CC/C=C\C/C=C\C/C=C\C/C=C\C/C=C\C/C=C\CCC(=O)OC[C@H](CO)OC(=O)CCCCCCCCCCCCCC. The Labute approximate surface area is 276 Å². The fourth-order valence-electron chi connectivity index (χ4n) is 4.58. The van der Waals surface area contributed by atoms with Crippen LogP contribution >= 0.6 is 0 Å². The molecule has 0 saturated heterocycles. The summed E-state index contributed by atoms with van der Waals surface area (Å²) in [4.78, 5) is 24.1. The van der Waals surface area contributed by atoms with Gasteiger partial charge in [0.1, 0.15) is 6.61 Å². The van der Waals surface area contributed by atoms with E-state index < -0.39 is 6.10 Å². The Morgan fingerprint density at radius 2 is 0.956 bits per heavy atom. The minimum atomic E-state index is -0.801. The van der Waals surface area contributed by atoms with Gasteiger partial charge in [0.05, 0.1) is 6.61 Å². The normalized spacial score (nSPS) is 13.0. The summed E-state index contributed by atoms with van der Waals surface area (Å²) in [5, 5.41) is 9.51. The van der Waals surface area contributed by atoms with Gasteiger partial charge in [-0.15, -0.1) is 0 Å². The molecule has 0 spiro atoms. The fourth-order valence-corrected chi connectivity index (χ4v) is 4.58. The molecule has 0 saturated carbocycles. The molecular weight excluding hydrogens is 560 g/mol. The molecule has 5 heteroatoms. The number of hydrogen-bond donors (Lipinski definition) is 1. The lowest BCUT2D eigenvalue weighted by Crippen LogP contribution is -2.28. The van der Waals surface area contributed by atoms with E-state index in [4.69, 9.17) is 9.47 Å². The zero-order valence-corrected chi connectivity index (χ0v) is 28.8. The molecule has 0 aliphatic carbocycles. The number of rotatable bonds is 31. The topological polar surface area (TPSA) is 72.8 Å². The van der Waals surface area contributed by atoms with E-state index >= 15 is 0 Å². The molecular formula is C40H66O5. The maximum absolute atomic E-state index is 12.1. The van der Waals surface area contributed by atoms with Gasteiger partial charge in [0.15, 0.2) is 6.10 Å². The smallest absolute Gasteiger partial charge is 0.306 e. The van der Waals surface area contributed by atoms with Crippen molar-refractivity contribution in [2.75, 3.05) is 13.2 Å². The highest BCUT2D eigenvalue weighted by Gasteiger charge is 2.15. The molecule has 256 valence electrons. The lowest BCUT2D eigenvalue weighted by atomic mass is 10.0. The Kier molecular flexibility index (Phi) is 33.7. The number of aliphatic hydroxyl groups is 1. The third-order valence-electron chi connectivity index (χ3n) is 7.28. The molecule has 0 aromatic carbocycles. The molecule has 0 heterocycles. The number of hydrogen-bond acceptors (Lipinski definition) is 5. The first kappa shape index (κ1) is 42.3. The molecule has 5 nitrogen and oxygen atoms in total. The van der Waals surface area contributed by atoms with Crippen LogP contribution in [-0.4, -0.2) is 36.4 Å². The van der Waals surface area contributed by atoms with Gasteiger partial charge in [0.25, 0.3) is 0 Å². The first-order valence-corrected chi connectivity index (χ1v) is 18.0. The first-order valence-electron chi connectivity index (χ1n) is 18.0. The van der Waals surface area contributed by atoms with Gasteiger partial charge in [-0.05, 0) is 51.4 Å². The van der Waals surface area contributed by atoms with Gasteiger partial charge in [0.2, 0.25) is 0 Å². The Balaban J connectivity index is 3.74. The summed E-state index contributed by atoms with van der Waals surface area (Å²) in [7, 11) is 0. The monoisotopic (exact) mass is 626 g/mol. The van der Waals surface area contributed by atoms with E-state index in [0.717, 1.165) is 57.8 Å². The van der Waals surface area contributed by atoms with Crippen molar-refractivity contribution in [3.63, 3.8) is 0 Å². The number of unbranched alkanes of at least 4 members (excludes halogenated alkanes) is 11. The van der Waals surface area contributed by atoms with Gasteiger partial charge >= 0.3 is 11.9 Å². The van der Waals surface area contributed by atoms with Gasteiger partial charge in [-0.3, -0.25) is 9.59 Å². The quantitative estimate of drug-likeness (QED) is 0.0471. The van der Waals surface area contributed by atoms with Crippen LogP contribution in [0.15, 0.2) is 72.9 Å². The fraction of sp³-hybridized carbons (Fsp3) is 0.650. The first-order chi connectivity index (χ1) is 22.1. The number of allylic oxidation sites excluding steroid dienone is 12. The standard InChI is InChI=1S/C40H66O5/c1-3-5-7-9-11-13-15-17-18-19-20-21-22-23-25-26-28-30-32-34-39(42)44-37-38(36-41)45-40(43)35-33-31-29-27-24-16-14-12-10-8-6-4-2/h5,7,11,13,17-18,20-21,23,25,28,30,38,41H,3-4,6,8-10,12,14-16,19,22,24,26-27,29,31-37H2,1-2H3/b7-5-,13-11-,18-17-,21-20-,25-23-,30-28-/t38-/m0/s1. The maximum Gasteiger partial charge on any atom is 0.306 e. The second-order valence-corrected chi connectivity index (χ2v) is 11.6. The van der Waals surface area contributed by atoms with E-state index in [1.165, 1.54) is 57.8 Å². The molecule has 0 radical (unpaired) electrons. The number of carbonyl (C=O) groups is 2. The van der Waals surface area contributed by atoms with E-state index in [9.17, 15) is 14.7 Å². The lowest BCUT2D eigenvalue weighted by Gasteiger charge is -2.15. The molecule has 0 rings (SSSR count). The number of ether oxygens (including phenoxy) is 2. The van der Waals surface area contributed by atoms with E-state index in [1.807, 2.05) is 12.2 Å². The van der Waals surface area contributed by atoms with Crippen molar-refractivity contribution in [3.8, 4) is 0 Å². The minimum Gasteiger partial charge on any atom is -0.462 e. The van der Waals surface area contributed by atoms with Crippen molar-refractivity contribution in [2.45, 2.75) is 155 Å². The molecule has 1 N–H and O–H groups in total. The van der Waals surface area contributed by atoms with Crippen LogP contribution in [0.25, 0.3) is 0 Å². The summed E-state index contributed by atoms with van der Waals surface area (Å²) in [6.45, 7) is 3.93. The van der Waals surface area contributed by atoms with Gasteiger partial charge in [-0.25, -0.2) is 0 Å². The third kappa shape index (κ3) is 34.1. The van der Waals surface area contributed by atoms with Crippen LogP contribution < -0.4 is 0 Å². The van der Waals surface area contributed by atoms with Crippen molar-refractivity contribution in [3.05, 3.63) is 72.9 Å². The van der Waals surface area contributed by atoms with Crippen LogP contribution in [0.1, 0.15) is 149 Å². The second-order valence-electron chi connectivity index (χ2n) is 11.6. The maximum atomic E-state index is 12.1. The van der Waals surface area contributed by atoms with Crippen LogP contribution in [0.3, 0.4) is 0 Å². The van der Waals surface area contributed by atoms with Crippen molar-refractivity contribution < 1.29 is 24.2 Å². The van der Waals surface area contributed by atoms with Crippen molar-refractivity contribution in [2.24, 2.45) is 0 Å². The number of aliphatic hydroxyl groups excluding tert-OH is 1. The highest BCUT2D eigenvalue weighted by Crippen LogP contribution is 2.13. The third-order valence-corrected chi connectivity index (χ3v) is 7.28. The molecule has 1 atom stereocenters. The molecule has 0 aromatic heterocycles. The van der Waals surface area contributed by atoms with E-state index in [-0.39, 0.29) is 31.6 Å². The van der Waals surface area contributed by atoms with E-state index in [2.05, 4.69) is 74.6 Å². The second kappa shape index (κ2) is 35.8. The summed E-state index contributed by atoms with van der Waals surface area (Å²) in [6.07, 6.45) is 46.8. The summed E-state index contributed by atoms with van der Waals surface area (Å²) in [5.74, 6) is -0.694. The largest absolute Gasteiger partial charge is 0.462 e. The highest BCUT2D eigenvalue weighted by atomic mass is 16.6. The van der Waals surface area contributed by atoms with Crippen molar-refractivity contribution in [1.82, 2.24) is 0 Å². The molecule has 0 fully saturated rings. The van der Waals surface area contributed by atoms with Crippen LogP contribution in [0, 0.1) is 0 Å². The van der Waals surface area contributed by atoms with Gasteiger partial charge in [-0.1, -0.05) is 157 Å². The van der Waals surface area contributed by atoms with Crippen LogP contribution in [0.2, 0.25) is 0 Å². The summed E-state index contributed by atoms with van der Waals surface area (Å²) in [6, 6.07) is 0. The molecule has 0 unspecified atom stereocenters. The molecule has 0 bridgehead atoms. The van der Waals surface area contributed by atoms with Crippen LogP contribution in [0.4, 0.5) is 0 Å². The average Bonchev–Trinajstić information content (AvgIpc) is 3.04. The van der Waals surface area contributed by atoms with E-state index in [1.54, 1.807) is 0 Å². The van der Waals surface area contributed by atoms with Crippen molar-refractivity contribution in [1.29, 1.82) is 0 Å².